The molecule has 3 fully saturated rings. The number of nitrogens with zero attached hydrogens (tertiary/aromatic N) is 5. The molecule has 71 heavy (non-hydrogen) atoms. The number of ether oxygens (including phenoxy) is 5. The monoisotopic (exact) mass is 1010 g/mol. The number of hydrogen-bond donors (Lipinski definition) is 3. The number of anilines is 4. The average molecular weight is 1010 g/mol. The molecule has 19 heteroatoms. The first-order valence-electron chi connectivity index (χ1n) is 24.6. The van der Waals surface area contributed by atoms with E-state index in [-0.39, 0.29) is 41.4 Å². The zero-order valence-corrected chi connectivity index (χ0v) is 41.7. The number of rotatable bonds is 10. The molecule has 1 unspecified atom stereocenters. The highest BCUT2D eigenvalue weighted by atomic mass is 35.5. The Morgan fingerprint density at radius 2 is 1.80 bits per heavy atom. The fourth-order valence-electron chi connectivity index (χ4n) is 10.5. The van der Waals surface area contributed by atoms with Crippen LogP contribution in [0.15, 0.2) is 89.5 Å². The summed E-state index contributed by atoms with van der Waals surface area (Å²) in [6.07, 6.45) is 6.51. The molecule has 4 aliphatic heterocycles. The Morgan fingerprint density at radius 1 is 0.972 bits per heavy atom. The molecule has 0 spiro atoms. The summed E-state index contributed by atoms with van der Waals surface area (Å²) in [6, 6.07) is 21.0. The lowest BCUT2D eigenvalue weighted by Gasteiger charge is -2.45. The second kappa shape index (κ2) is 21.0. The normalized spacial score (nSPS) is 21.5. The quantitative estimate of drug-likeness (QED) is 0.113. The van der Waals surface area contributed by atoms with Crippen molar-refractivity contribution in [3.8, 4) is 11.6 Å². The van der Waals surface area contributed by atoms with E-state index in [1.54, 1.807) is 12.3 Å². The van der Waals surface area contributed by atoms with Gasteiger partial charge in [0.1, 0.15) is 17.1 Å². The van der Waals surface area contributed by atoms with Crippen molar-refractivity contribution in [1.29, 1.82) is 0 Å². The van der Waals surface area contributed by atoms with Gasteiger partial charge >= 0.3 is 0 Å². The van der Waals surface area contributed by atoms with Crippen molar-refractivity contribution in [3.05, 3.63) is 106 Å². The molecule has 3 saturated heterocycles. The van der Waals surface area contributed by atoms with Crippen LogP contribution < -0.4 is 29.2 Å². The number of nitrogens with one attached hydrogen (secondary N) is 2. The first-order valence-corrected chi connectivity index (χ1v) is 26.4. The van der Waals surface area contributed by atoms with Gasteiger partial charge in [-0.05, 0) is 127 Å². The van der Waals surface area contributed by atoms with Crippen molar-refractivity contribution >= 4 is 66.9 Å². The van der Waals surface area contributed by atoms with Crippen molar-refractivity contribution in [2.45, 2.75) is 69.4 Å². The van der Waals surface area contributed by atoms with Gasteiger partial charge < -0.3 is 48.9 Å². The minimum absolute atomic E-state index is 0.00806. The molecule has 5 aromatic rings. The Labute approximate surface area is 419 Å². The number of carbonyl (C=O) groups excluding carboxylic acids is 1. The highest BCUT2D eigenvalue weighted by molar-refractivity contribution is 7.90. The fraction of sp³-hybridized carbons (Fsp3) is 0.462. The molecule has 0 radical (unpaired) electrons. The minimum Gasteiger partial charge on any atom is -0.733 e. The summed E-state index contributed by atoms with van der Waals surface area (Å²) in [6.45, 7) is 11.3. The number of aromatic amines is 1. The Balaban J connectivity index is 0.967. The number of amides is 1. The molecule has 3 N–H and O–H groups in total. The number of fused-ring (bicyclic) bond motifs is 4. The zero-order valence-electron chi connectivity index (χ0n) is 40.1. The Bertz CT molecular complexity index is 2870. The summed E-state index contributed by atoms with van der Waals surface area (Å²) < 4.78 is 61.0. The number of H-pyrrole nitrogens is 1. The lowest BCUT2D eigenvalue weighted by Crippen LogP contribution is -2.56. The second-order valence-corrected chi connectivity index (χ2v) is 22.0. The van der Waals surface area contributed by atoms with E-state index < -0.39 is 31.7 Å². The zero-order chi connectivity index (χ0) is 49.3. The van der Waals surface area contributed by atoms with Gasteiger partial charge in [0.15, 0.2) is 0 Å². The van der Waals surface area contributed by atoms with Crippen LogP contribution >= 0.6 is 11.6 Å². The second-order valence-electron chi connectivity index (χ2n) is 19.9. The molecular weight excluding hydrogens is 950 g/mol. The maximum atomic E-state index is 14.6. The Hall–Kier alpha value is -5.44. The molecule has 0 saturated carbocycles. The van der Waals surface area contributed by atoms with Crippen LogP contribution in [0.3, 0.4) is 0 Å². The SMILES string of the molecule is CC1(C)CC(c2ccc(Cl)cc2)=C2CN3CCN(c4ccc(C(=O)NS(=O)(=O)c5ccc(OCC6CCOCC6)c(N([O-])O)c5)c(N5CCCOc6nc7[nH]ccc7cc65)c4)CC3COCCCO[C@@H]2C1. The number of halogens is 1. The van der Waals surface area contributed by atoms with Crippen molar-refractivity contribution in [3.63, 3.8) is 0 Å². The smallest absolute Gasteiger partial charge is 0.267 e. The lowest BCUT2D eigenvalue weighted by molar-refractivity contribution is 0.0264. The lowest BCUT2D eigenvalue weighted by atomic mass is 9.71. The van der Waals surface area contributed by atoms with Gasteiger partial charge in [0.25, 0.3) is 15.9 Å². The number of hydrogen-bond acceptors (Lipinski definition) is 15. The summed E-state index contributed by atoms with van der Waals surface area (Å²) in [4.78, 5) is 28.9. The predicted octanol–water partition coefficient (Wildman–Crippen LogP) is 8.32. The van der Waals surface area contributed by atoms with Crippen LogP contribution in [0.25, 0.3) is 16.6 Å². The van der Waals surface area contributed by atoms with Crippen LogP contribution in [-0.4, -0.2) is 126 Å². The summed E-state index contributed by atoms with van der Waals surface area (Å²) in [5.74, 6) is -0.333. The van der Waals surface area contributed by atoms with Crippen molar-refractivity contribution < 1.29 is 42.1 Å². The predicted molar refractivity (Wildman–Crippen MR) is 272 cm³/mol. The van der Waals surface area contributed by atoms with Gasteiger partial charge in [-0.3, -0.25) is 14.9 Å². The Morgan fingerprint density at radius 3 is 2.62 bits per heavy atom. The van der Waals surface area contributed by atoms with Crippen LogP contribution in [-0.2, 0) is 24.2 Å². The number of pyridine rings is 1. The molecule has 5 aliphatic rings. The molecule has 6 heterocycles. The molecule has 3 aromatic carbocycles. The molecule has 17 nitrogen and oxygen atoms in total. The van der Waals surface area contributed by atoms with Gasteiger partial charge in [-0.1, -0.05) is 37.6 Å². The third kappa shape index (κ3) is 11.0. The van der Waals surface area contributed by atoms with Gasteiger partial charge in [0.2, 0.25) is 5.88 Å². The van der Waals surface area contributed by atoms with E-state index in [4.69, 9.17) is 40.3 Å². The number of sulfonamides is 1. The molecular formula is C52H61ClN7O10S-. The number of carbonyl (C=O) groups is 1. The first kappa shape index (κ1) is 49.2. The van der Waals surface area contributed by atoms with E-state index in [9.17, 15) is 23.6 Å². The summed E-state index contributed by atoms with van der Waals surface area (Å²) >= 11 is 6.37. The summed E-state index contributed by atoms with van der Waals surface area (Å²) in [7, 11) is -4.61. The van der Waals surface area contributed by atoms with Crippen LogP contribution in [0.1, 0.15) is 68.3 Å². The van der Waals surface area contributed by atoms with Gasteiger partial charge in [0, 0.05) is 81.4 Å². The van der Waals surface area contributed by atoms with E-state index in [1.807, 2.05) is 41.3 Å². The minimum atomic E-state index is -4.61. The van der Waals surface area contributed by atoms with E-state index in [0.29, 0.717) is 93.6 Å². The number of benzene rings is 3. The van der Waals surface area contributed by atoms with Gasteiger partial charge in [-0.15, -0.1) is 0 Å². The molecule has 0 bridgehead atoms. The van der Waals surface area contributed by atoms with E-state index in [1.165, 1.54) is 23.3 Å². The molecule has 2 atom stereocenters. The number of piperazine rings is 1. The van der Waals surface area contributed by atoms with Gasteiger partial charge in [-0.25, -0.2) is 13.1 Å². The van der Waals surface area contributed by atoms with Gasteiger partial charge in [0.05, 0.1) is 53.8 Å². The van der Waals surface area contributed by atoms with Crippen LogP contribution in [0.2, 0.25) is 5.02 Å². The van der Waals surface area contributed by atoms with Crippen LogP contribution in [0.5, 0.6) is 11.6 Å². The standard InChI is InChI=1S/C52H61ClN7O10S/c1-52(2)28-42(35-5-7-37(53)8-6-35)43-31-58-19-18-57(30-39(58)33-67-20-4-22-68-48(43)29-52)38-9-11-41(44(26-38)59-17-3-21-69-51-46(59)25-36-13-16-54-49(36)55-51)50(61)56-71(64,65)40-10-12-47(45(27-40)60(62)63)70-32-34-14-23-66-24-15-34/h5-13,16,25-27,34,39,48,62H,3-4,14-15,17-24,28-33H2,1-2H3,(H,54,55)(H,56,61)/q-1/t39?,48-/m1/s1. The molecule has 1 amide bonds. The molecule has 1 aliphatic carbocycles. The Kier molecular flexibility index (Phi) is 14.5. The molecule has 378 valence electrons. The number of aromatic nitrogens is 2. The molecule has 2 aromatic heterocycles. The van der Waals surface area contributed by atoms with Crippen molar-refractivity contribution in [2.75, 3.05) is 94.0 Å². The van der Waals surface area contributed by atoms with Crippen molar-refractivity contribution in [1.82, 2.24) is 19.6 Å². The topological polar surface area (TPSA) is 194 Å². The highest BCUT2D eigenvalue weighted by Crippen LogP contribution is 2.46. The largest absolute Gasteiger partial charge is 0.733 e. The molecule has 10 rings (SSSR count). The van der Waals surface area contributed by atoms with Crippen molar-refractivity contribution in [2.24, 2.45) is 11.3 Å². The maximum Gasteiger partial charge on any atom is 0.267 e. The van der Waals surface area contributed by atoms with Crippen LogP contribution in [0.4, 0.5) is 22.7 Å². The third-order valence-electron chi connectivity index (χ3n) is 14.3. The average Bonchev–Trinajstić information content (AvgIpc) is 3.71. The van der Waals surface area contributed by atoms with Crippen LogP contribution in [0, 0.1) is 16.5 Å². The van der Waals surface area contributed by atoms with Gasteiger partial charge in [-0.2, -0.15) is 4.98 Å². The summed E-state index contributed by atoms with van der Waals surface area (Å²) in [5, 5.41) is 23.5. The maximum absolute atomic E-state index is 14.6. The van der Waals surface area contributed by atoms with E-state index in [2.05, 4.69) is 45.5 Å². The summed E-state index contributed by atoms with van der Waals surface area (Å²) in [5.41, 5.74) is 6.08. The first-order chi connectivity index (χ1) is 34.3. The fourth-order valence-corrected chi connectivity index (χ4v) is 11.6. The van der Waals surface area contributed by atoms with E-state index >= 15 is 0 Å². The van der Waals surface area contributed by atoms with E-state index in [0.717, 1.165) is 67.9 Å². The number of allylic oxidation sites excluding steroid dienone is 1. The highest BCUT2D eigenvalue weighted by Gasteiger charge is 2.39. The third-order valence-corrected chi connectivity index (χ3v) is 15.9.